The molecule has 1 amide bonds. The van der Waals surface area contributed by atoms with E-state index >= 15 is 0 Å². The Labute approximate surface area is 131 Å². The number of ether oxygens (including phenoxy) is 1. The standard InChI is InChI=1S/C14H23N3O4S/c1-17(2)9-7-16-22(19,20)10-8-15-14(18)12-5-4-6-13(11-12)21-3/h4-6,11,16H,7-10H2,1-3H3,(H,15,18)/p+1. The minimum absolute atomic E-state index is 0.0558. The molecule has 0 heterocycles. The van der Waals surface area contributed by atoms with Crippen LogP contribution in [0, 0.1) is 0 Å². The van der Waals surface area contributed by atoms with Gasteiger partial charge in [-0.3, -0.25) is 4.79 Å². The lowest BCUT2D eigenvalue weighted by atomic mass is 10.2. The van der Waals surface area contributed by atoms with Crippen molar-refractivity contribution in [3.63, 3.8) is 0 Å². The van der Waals surface area contributed by atoms with Crippen molar-refractivity contribution in [2.75, 3.05) is 46.6 Å². The fourth-order valence-electron chi connectivity index (χ4n) is 1.69. The number of methoxy groups -OCH3 is 1. The third-order valence-electron chi connectivity index (χ3n) is 2.94. The highest BCUT2D eigenvalue weighted by Crippen LogP contribution is 2.12. The minimum atomic E-state index is -3.37. The number of likely N-dealkylation sites (N-methyl/N-ethyl adjacent to an activating group) is 1. The van der Waals surface area contributed by atoms with E-state index in [1.165, 1.54) is 7.11 Å². The van der Waals surface area contributed by atoms with E-state index in [0.29, 0.717) is 24.4 Å². The number of amides is 1. The quantitative estimate of drug-likeness (QED) is 0.514. The Bertz CT molecular complexity index is 588. The van der Waals surface area contributed by atoms with Crippen LogP contribution in [0.3, 0.4) is 0 Å². The molecule has 0 saturated carbocycles. The first-order chi connectivity index (χ1) is 10.3. The number of sulfonamides is 1. The average molecular weight is 330 g/mol. The zero-order valence-electron chi connectivity index (χ0n) is 13.2. The number of quaternary nitrogens is 1. The largest absolute Gasteiger partial charge is 0.497 e. The van der Waals surface area contributed by atoms with Crippen molar-refractivity contribution in [2.45, 2.75) is 0 Å². The molecule has 1 aromatic rings. The SMILES string of the molecule is COc1cccc(C(=O)NCCS(=O)(=O)NCC[NH+](C)C)c1. The molecule has 8 heteroatoms. The Morgan fingerprint density at radius 2 is 2.00 bits per heavy atom. The summed E-state index contributed by atoms with van der Waals surface area (Å²) in [6.07, 6.45) is 0. The summed E-state index contributed by atoms with van der Waals surface area (Å²) >= 11 is 0. The van der Waals surface area contributed by atoms with Crippen LogP contribution in [0.5, 0.6) is 5.75 Å². The van der Waals surface area contributed by atoms with Crippen LogP contribution in [0.1, 0.15) is 10.4 Å². The van der Waals surface area contributed by atoms with Gasteiger partial charge < -0.3 is 15.0 Å². The Hall–Kier alpha value is -1.64. The molecule has 0 spiro atoms. The highest BCUT2D eigenvalue weighted by molar-refractivity contribution is 7.89. The summed E-state index contributed by atoms with van der Waals surface area (Å²) in [4.78, 5) is 13.1. The smallest absolute Gasteiger partial charge is 0.251 e. The predicted molar refractivity (Wildman–Crippen MR) is 84.8 cm³/mol. The lowest BCUT2D eigenvalue weighted by Gasteiger charge is -2.10. The van der Waals surface area contributed by atoms with Gasteiger partial charge in [-0.15, -0.1) is 0 Å². The Balaban J connectivity index is 2.40. The van der Waals surface area contributed by atoms with E-state index in [9.17, 15) is 13.2 Å². The molecule has 0 saturated heterocycles. The van der Waals surface area contributed by atoms with Crippen molar-refractivity contribution in [3.05, 3.63) is 29.8 Å². The maximum Gasteiger partial charge on any atom is 0.251 e. The molecular weight excluding hydrogens is 306 g/mol. The molecule has 0 aliphatic carbocycles. The van der Waals surface area contributed by atoms with Crippen molar-refractivity contribution < 1.29 is 22.8 Å². The molecule has 1 rings (SSSR count). The normalized spacial score (nSPS) is 11.5. The molecule has 0 radical (unpaired) electrons. The van der Waals surface area contributed by atoms with Gasteiger partial charge in [0.1, 0.15) is 5.75 Å². The van der Waals surface area contributed by atoms with E-state index in [1.54, 1.807) is 24.3 Å². The van der Waals surface area contributed by atoms with Crippen LogP contribution in [0.15, 0.2) is 24.3 Å². The molecule has 0 aliphatic rings. The maximum absolute atomic E-state index is 11.9. The van der Waals surface area contributed by atoms with Gasteiger partial charge in [0.2, 0.25) is 10.0 Å². The van der Waals surface area contributed by atoms with Gasteiger partial charge in [-0.25, -0.2) is 13.1 Å². The van der Waals surface area contributed by atoms with E-state index in [-0.39, 0.29) is 18.2 Å². The zero-order chi connectivity index (χ0) is 16.6. The molecule has 0 bridgehead atoms. The van der Waals surface area contributed by atoms with Crippen LogP contribution in [0.2, 0.25) is 0 Å². The van der Waals surface area contributed by atoms with Gasteiger partial charge >= 0.3 is 0 Å². The van der Waals surface area contributed by atoms with E-state index in [2.05, 4.69) is 10.0 Å². The fourth-order valence-corrected chi connectivity index (χ4v) is 2.62. The van der Waals surface area contributed by atoms with E-state index < -0.39 is 10.0 Å². The Morgan fingerprint density at radius 3 is 2.64 bits per heavy atom. The molecule has 3 N–H and O–H groups in total. The first kappa shape index (κ1) is 18.4. The number of hydrogen-bond donors (Lipinski definition) is 3. The van der Waals surface area contributed by atoms with Crippen molar-refractivity contribution in [3.8, 4) is 5.75 Å². The van der Waals surface area contributed by atoms with Crippen LogP contribution in [0.25, 0.3) is 0 Å². The first-order valence-corrected chi connectivity index (χ1v) is 8.68. The van der Waals surface area contributed by atoms with Gasteiger partial charge in [0.15, 0.2) is 0 Å². The lowest BCUT2D eigenvalue weighted by molar-refractivity contribution is -0.856. The van der Waals surface area contributed by atoms with Crippen molar-refractivity contribution in [1.29, 1.82) is 0 Å². The van der Waals surface area contributed by atoms with Crippen molar-refractivity contribution >= 4 is 15.9 Å². The summed E-state index contributed by atoms with van der Waals surface area (Å²) in [5.41, 5.74) is 0.431. The number of hydrogen-bond acceptors (Lipinski definition) is 4. The second-order valence-corrected chi connectivity index (χ2v) is 7.08. The third kappa shape index (κ3) is 6.88. The van der Waals surface area contributed by atoms with Gasteiger partial charge in [-0.2, -0.15) is 0 Å². The summed E-state index contributed by atoms with van der Waals surface area (Å²) < 4.78 is 31.0. The molecule has 0 aromatic heterocycles. The predicted octanol–water partition coefficient (Wildman–Crippen LogP) is -1.51. The minimum Gasteiger partial charge on any atom is -0.497 e. The molecule has 0 atom stereocenters. The lowest BCUT2D eigenvalue weighted by Crippen LogP contribution is -3.06. The summed E-state index contributed by atoms with van der Waals surface area (Å²) in [5, 5.41) is 2.59. The zero-order valence-corrected chi connectivity index (χ0v) is 14.0. The summed E-state index contributed by atoms with van der Waals surface area (Å²) in [7, 11) is 2.04. The molecule has 0 aliphatic heterocycles. The summed E-state index contributed by atoms with van der Waals surface area (Å²) in [5.74, 6) is 0.103. The molecule has 7 nitrogen and oxygen atoms in total. The molecule has 124 valence electrons. The topological polar surface area (TPSA) is 88.9 Å². The van der Waals surface area contributed by atoms with Gasteiger partial charge in [-0.1, -0.05) is 6.07 Å². The molecule has 0 unspecified atom stereocenters. The van der Waals surface area contributed by atoms with E-state index in [0.717, 1.165) is 4.90 Å². The number of benzene rings is 1. The highest BCUT2D eigenvalue weighted by atomic mass is 32.2. The van der Waals surface area contributed by atoms with E-state index in [1.807, 2.05) is 14.1 Å². The van der Waals surface area contributed by atoms with Crippen molar-refractivity contribution in [1.82, 2.24) is 10.0 Å². The van der Waals surface area contributed by atoms with Gasteiger partial charge in [0, 0.05) is 12.1 Å². The molecule has 0 fully saturated rings. The Kier molecular flexibility index (Phi) is 7.30. The van der Waals surface area contributed by atoms with Crippen LogP contribution >= 0.6 is 0 Å². The second-order valence-electron chi connectivity index (χ2n) is 5.16. The molecule has 22 heavy (non-hydrogen) atoms. The van der Waals surface area contributed by atoms with Crippen LogP contribution in [0.4, 0.5) is 0 Å². The third-order valence-corrected chi connectivity index (χ3v) is 4.32. The average Bonchev–Trinajstić information content (AvgIpc) is 2.46. The van der Waals surface area contributed by atoms with Crippen LogP contribution in [-0.4, -0.2) is 60.9 Å². The highest BCUT2D eigenvalue weighted by Gasteiger charge is 2.12. The monoisotopic (exact) mass is 330 g/mol. The number of carbonyl (C=O) groups excluding carboxylic acids is 1. The fraction of sp³-hybridized carbons (Fsp3) is 0.500. The number of nitrogens with one attached hydrogen (secondary N) is 3. The molecular formula is C14H24N3O4S+. The number of carbonyl (C=O) groups is 1. The van der Waals surface area contributed by atoms with Gasteiger partial charge in [0.05, 0.1) is 40.0 Å². The van der Waals surface area contributed by atoms with Gasteiger partial charge in [-0.05, 0) is 18.2 Å². The van der Waals surface area contributed by atoms with Crippen LogP contribution < -0.4 is 19.7 Å². The maximum atomic E-state index is 11.9. The van der Waals surface area contributed by atoms with E-state index in [4.69, 9.17) is 4.74 Å². The number of rotatable bonds is 9. The second kappa shape index (κ2) is 8.72. The summed E-state index contributed by atoms with van der Waals surface area (Å²) in [6.45, 7) is 1.14. The van der Waals surface area contributed by atoms with Crippen LogP contribution in [-0.2, 0) is 10.0 Å². The molecule has 1 aromatic carbocycles. The van der Waals surface area contributed by atoms with Gasteiger partial charge in [0.25, 0.3) is 5.91 Å². The van der Waals surface area contributed by atoms with Crippen molar-refractivity contribution in [2.24, 2.45) is 0 Å². The first-order valence-electron chi connectivity index (χ1n) is 7.02. The summed E-state index contributed by atoms with van der Waals surface area (Å²) in [6, 6.07) is 6.68. The Morgan fingerprint density at radius 1 is 1.27 bits per heavy atom.